The van der Waals surface area contributed by atoms with E-state index in [0.717, 1.165) is 44.7 Å². The van der Waals surface area contributed by atoms with E-state index in [1.165, 1.54) is 25.7 Å². The van der Waals surface area contributed by atoms with Crippen LogP contribution in [0.1, 0.15) is 60.3 Å². The standard InChI is InChI=1S/C18H36N2O/c1-6-17(4)14-20(10-12-21-11-9-15(2)3)18(5,13-19-17)16-7-8-16/h15-16,19H,6-14H2,1-5H3. The van der Waals surface area contributed by atoms with E-state index in [9.17, 15) is 0 Å². The molecule has 0 aromatic carbocycles. The summed E-state index contributed by atoms with van der Waals surface area (Å²) < 4.78 is 5.88. The predicted molar refractivity (Wildman–Crippen MR) is 89.7 cm³/mol. The van der Waals surface area contributed by atoms with Gasteiger partial charge in [-0.3, -0.25) is 4.90 Å². The van der Waals surface area contributed by atoms with Crippen molar-refractivity contribution in [3.63, 3.8) is 0 Å². The largest absolute Gasteiger partial charge is 0.380 e. The fraction of sp³-hybridized carbons (Fsp3) is 1.00. The lowest BCUT2D eigenvalue weighted by molar-refractivity contribution is -0.0161. The number of rotatable bonds is 8. The lowest BCUT2D eigenvalue weighted by Gasteiger charge is -2.52. The van der Waals surface area contributed by atoms with Gasteiger partial charge in [0.1, 0.15) is 0 Å². The molecule has 0 bridgehead atoms. The number of hydrogen-bond acceptors (Lipinski definition) is 3. The number of piperazine rings is 1. The fourth-order valence-electron chi connectivity index (χ4n) is 3.44. The molecular formula is C18H36N2O. The van der Waals surface area contributed by atoms with Crippen molar-refractivity contribution in [2.45, 2.75) is 71.4 Å². The maximum atomic E-state index is 5.88. The number of nitrogens with one attached hydrogen (secondary N) is 1. The number of nitrogens with zero attached hydrogens (tertiary/aromatic N) is 1. The van der Waals surface area contributed by atoms with Crippen LogP contribution in [0.25, 0.3) is 0 Å². The van der Waals surface area contributed by atoms with Gasteiger partial charge >= 0.3 is 0 Å². The van der Waals surface area contributed by atoms with Crippen LogP contribution in [0, 0.1) is 11.8 Å². The predicted octanol–water partition coefficient (Wildman–Crippen LogP) is 3.29. The molecule has 1 heterocycles. The molecule has 21 heavy (non-hydrogen) atoms. The Balaban J connectivity index is 1.85. The van der Waals surface area contributed by atoms with E-state index < -0.39 is 0 Å². The van der Waals surface area contributed by atoms with Gasteiger partial charge in [0.2, 0.25) is 0 Å². The third kappa shape index (κ3) is 4.43. The van der Waals surface area contributed by atoms with E-state index in [4.69, 9.17) is 4.74 Å². The van der Waals surface area contributed by atoms with Crippen molar-refractivity contribution in [1.29, 1.82) is 0 Å². The maximum absolute atomic E-state index is 5.88. The Kier molecular flexibility index (Phi) is 5.72. The van der Waals surface area contributed by atoms with Crippen LogP contribution in [0.3, 0.4) is 0 Å². The van der Waals surface area contributed by atoms with E-state index >= 15 is 0 Å². The second-order valence-electron chi connectivity index (χ2n) is 8.12. The van der Waals surface area contributed by atoms with Crippen LogP contribution in [0.4, 0.5) is 0 Å². The quantitative estimate of drug-likeness (QED) is 0.696. The summed E-state index contributed by atoms with van der Waals surface area (Å²) in [5.41, 5.74) is 0.614. The Labute approximate surface area is 131 Å². The molecule has 0 aromatic rings. The highest BCUT2D eigenvalue weighted by Gasteiger charge is 2.50. The summed E-state index contributed by atoms with van der Waals surface area (Å²) in [5.74, 6) is 1.63. The van der Waals surface area contributed by atoms with Crippen molar-refractivity contribution >= 4 is 0 Å². The van der Waals surface area contributed by atoms with E-state index in [0.29, 0.717) is 5.54 Å². The molecule has 3 nitrogen and oxygen atoms in total. The van der Waals surface area contributed by atoms with Crippen molar-refractivity contribution in [3.05, 3.63) is 0 Å². The molecule has 2 atom stereocenters. The van der Waals surface area contributed by atoms with Gasteiger partial charge in [0.25, 0.3) is 0 Å². The van der Waals surface area contributed by atoms with Crippen LogP contribution >= 0.6 is 0 Å². The van der Waals surface area contributed by atoms with Gasteiger partial charge in [0.05, 0.1) is 6.61 Å². The number of ether oxygens (including phenoxy) is 1. The molecule has 2 aliphatic rings. The Hall–Kier alpha value is -0.120. The monoisotopic (exact) mass is 296 g/mol. The van der Waals surface area contributed by atoms with Crippen LogP contribution in [-0.4, -0.2) is 48.8 Å². The third-order valence-corrected chi connectivity index (χ3v) is 5.72. The molecule has 1 N–H and O–H groups in total. The molecule has 124 valence electrons. The molecule has 1 saturated carbocycles. The summed E-state index contributed by atoms with van der Waals surface area (Å²) in [6, 6.07) is 0. The normalized spacial score (nSPS) is 34.6. The second kappa shape index (κ2) is 6.97. The fourth-order valence-corrected chi connectivity index (χ4v) is 3.44. The molecule has 0 radical (unpaired) electrons. The summed E-state index contributed by atoms with van der Waals surface area (Å²) >= 11 is 0. The molecule has 2 unspecified atom stereocenters. The highest BCUT2D eigenvalue weighted by atomic mass is 16.5. The zero-order valence-electron chi connectivity index (χ0n) is 14.9. The average molecular weight is 296 g/mol. The van der Waals surface area contributed by atoms with Gasteiger partial charge in [-0.05, 0) is 51.4 Å². The van der Waals surface area contributed by atoms with Crippen LogP contribution < -0.4 is 5.32 Å². The first-order chi connectivity index (χ1) is 9.89. The van der Waals surface area contributed by atoms with Crippen LogP contribution in [0.15, 0.2) is 0 Å². The van der Waals surface area contributed by atoms with E-state index in [1.54, 1.807) is 0 Å². The van der Waals surface area contributed by atoms with Crippen LogP contribution in [0.5, 0.6) is 0 Å². The first-order valence-electron chi connectivity index (χ1n) is 8.97. The van der Waals surface area contributed by atoms with Gasteiger partial charge in [-0.25, -0.2) is 0 Å². The van der Waals surface area contributed by atoms with Gasteiger partial charge in [-0.2, -0.15) is 0 Å². The van der Waals surface area contributed by atoms with Crippen LogP contribution in [0.2, 0.25) is 0 Å². The zero-order valence-corrected chi connectivity index (χ0v) is 14.9. The first kappa shape index (κ1) is 17.2. The second-order valence-corrected chi connectivity index (χ2v) is 8.12. The van der Waals surface area contributed by atoms with Crippen molar-refractivity contribution in [2.75, 3.05) is 32.8 Å². The summed E-state index contributed by atoms with van der Waals surface area (Å²) in [7, 11) is 0. The molecule has 2 fully saturated rings. The van der Waals surface area contributed by atoms with Gasteiger partial charge < -0.3 is 10.1 Å². The summed E-state index contributed by atoms with van der Waals surface area (Å²) in [6.45, 7) is 16.8. The van der Waals surface area contributed by atoms with Gasteiger partial charge in [-0.15, -0.1) is 0 Å². The molecule has 1 saturated heterocycles. The minimum absolute atomic E-state index is 0.270. The van der Waals surface area contributed by atoms with Crippen LogP contribution in [-0.2, 0) is 4.74 Å². The number of hydrogen-bond donors (Lipinski definition) is 1. The lowest BCUT2D eigenvalue weighted by Crippen LogP contribution is -2.69. The molecule has 0 amide bonds. The van der Waals surface area contributed by atoms with Gasteiger partial charge in [0.15, 0.2) is 0 Å². The molecular weight excluding hydrogens is 260 g/mol. The minimum atomic E-state index is 0.270. The molecule has 0 aromatic heterocycles. The smallest absolute Gasteiger partial charge is 0.0593 e. The Bertz CT molecular complexity index is 329. The minimum Gasteiger partial charge on any atom is -0.380 e. The Morgan fingerprint density at radius 1 is 1.24 bits per heavy atom. The topological polar surface area (TPSA) is 24.5 Å². The highest BCUT2D eigenvalue weighted by Crippen LogP contribution is 2.44. The Morgan fingerprint density at radius 2 is 1.95 bits per heavy atom. The van der Waals surface area contributed by atoms with Gasteiger partial charge in [-0.1, -0.05) is 20.8 Å². The first-order valence-corrected chi connectivity index (χ1v) is 8.97. The zero-order chi connectivity index (χ0) is 15.5. The molecule has 0 spiro atoms. The van der Waals surface area contributed by atoms with Crippen molar-refractivity contribution in [1.82, 2.24) is 10.2 Å². The lowest BCUT2D eigenvalue weighted by atomic mass is 9.84. The molecule has 2 rings (SSSR count). The van der Waals surface area contributed by atoms with E-state index in [2.05, 4.69) is 44.8 Å². The summed E-state index contributed by atoms with van der Waals surface area (Å²) in [5, 5.41) is 3.82. The molecule has 3 heteroatoms. The van der Waals surface area contributed by atoms with Crippen molar-refractivity contribution < 1.29 is 4.74 Å². The highest BCUT2D eigenvalue weighted by molar-refractivity contribution is 5.07. The van der Waals surface area contributed by atoms with Crippen molar-refractivity contribution in [2.24, 2.45) is 11.8 Å². The summed E-state index contributed by atoms with van der Waals surface area (Å²) in [6.07, 6.45) is 5.18. The van der Waals surface area contributed by atoms with Crippen molar-refractivity contribution in [3.8, 4) is 0 Å². The SMILES string of the molecule is CCC1(C)CN(CCOCCC(C)C)C(C)(C2CC2)CN1. The molecule has 1 aliphatic heterocycles. The third-order valence-electron chi connectivity index (χ3n) is 5.72. The Morgan fingerprint density at radius 3 is 2.52 bits per heavy atom. The average Bonchev–Trinajstić information content (AvgIpc) is 3.27. The molecule has 1 aliphatic carbocycles. The maximum Gasteiger partial charge on any atom is 0.0593 e. The van der Waals surface area contributed by atoms with E-state index in [-0.39, 0.29) is 5.54 Å². The van der Waals surface area contributed by atoms with E-state index in [1.807, 2.05) is 0 Å². The summed E-state index contributed by atoms with van der Waals surface area (Å²) in [4.78, 5) is 2.72. The van der Waals surface area contributed by atoms with Gasteiger partial charge in [0, 0.05) is 37.3 Å².